The van der Waals surface area contributed by atoms with Crippen LogP contribution in [0.1, 0.15) is 17.7 Å². The van der Waals surface area contributed by atoms with Crippen molar-refractivity contribution < 1.29 is 8.42 Å². The number of nitrogens with zero attached hydrogens (tertiary/aromatic N) is 1. The number of aromatic nitrogens is 2. The first-order valence-electron chi connectivity index (χ1n) is 6.34. The zero-order valence-corrected chi connectivity index (χ0v) is 13.7. The van der Waals surface area contributed by atoms with Crippen LogP contribution in [0.3, 0.4) is 0 Å². The van der Waals surface area contributed by atoms with E-state index in [2.05, 4.69) is 14.9 Å². The largest absolute Gasteiger partial charge is 0.283 e. The van der Waals surface area contributed by atoms with Crippen LogP contribution in [0.4, 0.5) is 0 Å². The fraction of sp³-hybridized carbons (Fsp3) is 0.308. The van der Waals surface area contributed by atoms with Crippen molar-refractivity contribution >= 4 is 33.2 Å². The van der Waals surface area contributed by atoms with Crippen molar-refractivity contribution in [3.63, 3.8) is 0 Å². The van der Waals surface area contributed by atoms with Crippen LogP contribution in [0.25, 0.3) is 0 Å². The molecule has 0 bridgehead atoms. The Morgan fingerprint density at radius 3 is 2.76 bits per heavy atom. The SMILES string of the molecule is Cc1[nH]ncc1CCCNS(=O)(=O)c1cccc(Cl)c1Cl. The van der Waals surface area contributed by atoms with Crippen LogP contribution in [0.2, 0.25) is 10.0 Å². The molecule has 5 nitrogen and oxygen atoms in total. The molecule has 0 aliphatic carbocycles. The van der Waals surface area contributed by atoms with Crippen molar-refractivity contribution in [1.29, 1.82) is 0 Å². The topological polar surface area (TPSA) is 74.8 Å². The van der Waals surface area contributed by atoms with Gasteiger partial charge in [0.2, 0.25) is 10.0 Å². The number of benzene rings is 1. The second-order valence-electron chi connectivity index (χ2n) is 4.57. The summed E-state index contributed by atoms with van der Waals surface area (Å²) in [6.45, 7) is 2.24. The summed E-state index contributed by atoms with van der Waals surface area (Å²) in [5, 5.41) is 7.02. The molecule has 1 heterocycles. The van der Waals surface area contributed by atoms with Crippen LogP contribution in [0, 0.1) is 6.92 Å². The molecule has 0 saturated heterocycles. The molecular formula is C13H15Cl2N3O2S. The van der Waals surface area contributed by atoms with Gasteiger partial charge < -0.3 is 0 Å². The van der Waals surface area contributed by atoms with E-state index in [0.29, 0.717) is 13.0 Å². The number of rotatable bonds is 6. The molecule has 114 valence electrons. The van der Waals surface area contributed by atoms with Crippen LogP contribution in [-0.4, -0.2) is 25.2 Å². The zero-order valence-electron chi connectivity index (χ0n) is 11.4. The smallest absolute Gasteiger partial charge is 0.242 e. The number of hydrogen-bond donors (Lipinski definition) is 2. The summed E-state index contributed by atoms with van der Waals surface area (Å²) in [6, 6.07) is 4.53. The maximum atomic E-state index is 12.2. The lowest BCUT2D eigenvalue weighted by molar-refractivity contribution is 0.579. The summed E-state index contributed by atoms with van der Waals surface area (Å²) in [7, 11) is -3.65. The van der Waals surface area contributed by atoms with E-state index in [1.807, 2.05) is 6.92 Å². The Hall–Kier alpha value is -1.08. The Labute approximate surface area is 133 Å². The molecule has 0 radical (unpaired) electrons. The van der Waals surface area contributed by atoms with E-state index >= 15 is 0 Å². The number of aryl methyl sites for hydroxylation is 2. The second-order valence-corrected chi connectivity index (χ2v) is 7.09. The van der Waals surface area contributed by atoms with Crippen LogP contribution in [-0.2, 0) is 16.4 Å². The molecule has 2 N–H and O–H groups in total. The predicted molar refractivity (Wildman–Crippen MR) is 83.3 cm³/mol. The maximum absolute atomic E-state index is 12.2. The third-order valence-electron chi connectivity index (χ3n) is 3.05. The molecule has 21 heavy (non-hydrogen) atoms. The van der Waals surface area contributed by atoms with Crippen molar-refractivity contribution in [3.05, 3.63) is 45.7 Å². The molecule has 0 aliphatic heterocycles. The first-order chi connectivity index (χ1) is 9.92. The Balaban J connectivity index is 1.96. The molecule has 0 unspecified atom stereocenters. The van der Waals surface area contributed by atoms with Gasteiger partial charge in [0.15, 0.2) is 0 Å². The third-order valence-corrected chi connectivity index (χ3v) is 5.49. The number of nitrogens with one attached hydrogen (secondary N) is 2. The Morgan fingerprint density at radius 2 is 2.10 bits per heavy atom. The number of aromatic amines is 1. The Morgan fingerprint density at radius 1 is 1.33 bits per heavy atom. The summed E-state index contributed by atoms with van der Waals surface area (Å²) in [4.78, 5) is -0.00356. The van der Waals surface area contributed by atoms with Crippen molar-refractivity contribution in [2.75, 3.05) is 6.54 Å². The summed E-state index contributed by atoms with van der Waals surface area (Å²) in [6.07, 6.45) is 3.16. The minimum Gasteiger partial charge on any atom is -0.283 e. The van der Waals surface area contributed by atoms with E-state index in [1.165, 1.54) is 6.07 Å². The van der Waals surface area contributed by atoms with Gasteiger partial charge in [0.1, 0.15) is 4.90 Å². The molecule has 0 spiro atoms. The van der Waals surface area contributed by atoms with E-state index < -0.39 is 10.0 Å². The highest BCUT2D eigenvalue weighted by Gasteiger charge is 2.18. The minimum absolute atomic E-state index is 0.00356. The fourth-order valence-electron chi connectivity index (χ4n) is 1.88. The Kier molecular flexibility index (Phi) is 5.27. The van der Waals surface area contributed by atoms with E-state index in [4.69, 9.17) is 23.2 Å². The fourth-order valence-corrected chi connectivity index (χ4v) is 3.72. The monoisotopic (exact) mass is 347 g/mol. The van der Waals surface area contributed by atoms with Gasteiger partial charge >= 0.3 is 0 Å². The van der Waals surface area contributed by atoms with Gasteiger partial charge in [-0.3, -0.25) is 5.10 Å². The molecule has 0 atom stereocenters. The molecule has 2 rings (SSSR count). The van der Waals surface area contributed by atoms with Gasteiger partial charge in [-0.15, -0.1) is 0 Å². The summed E-state index contributed by atoms with van der Waals surface area (Å²) >= 11 is 11.8. The van der Waals surface area contributed by atoms with E-state index in [9.17, 15) is 8.42 Å². The number of halogens is 2. The minimum atomic E-state index is -3.65. The molecule has 0 saturated carbocycles. The standard InChI is InChI=1S/C13H15Cl2N3O2S/c1-9-10(8-16-18-9)4-3-7-17-21(19,20)12-6-2-5-11(14)13(12)15/h2,5-6,8,17H,3-4,7H2,1H3,(H,16,18). The van der Waals surface area contributed by atoms with Gasteiger partial charge in [-0.05, 0) is 37.5 Å². The average molecular weight is 348 g/mol. The first-order valence-corrected chi connectivity index (χ1v) is 8.58. The molecule has 2 aromatic rings. The van der Waals surface area contributed by atoms with Crippen LogP contribution >= 0.6 is 23.2 Å². The average Bonchev–Trinajstić information content (AvgIpc) is 2.83. The van der Waals surface area contributed by atoms with Gasteiger partial charge in [0, 0.05) is 12.2 Å². The highest BCUT2D eigenvalue weighted by molar-refractivity contribution is 7.89. The van der Waals surface area contributed by atoms with Crippen LogP contribution < -0.4 is 4.72 Å². The summed E-state index contributed by atoms with van der Waals surface area (Å²) < 4.78 is 26.8. The van der Waals surface area contributed by atoms with Crippen LogP contribution in [0.5, 0.6) is 0 Å². The maximum Gasteiger partial charge on any atom is 0.242 e. The molecule has 8 heteroatoms. The molecular weight excluding hydrogens is 333 g/mol. The number of sulfonamides is 1. The highest BCUT2D eigenvalue weighted by atomic mass is 35.5. The number of H-pyrrole nitrogens is 1. The predicted octanol–water partition coefficient (Wildman–Crippen LogP) is 2.94. The van der Waals surface area contributed by atoms with Crippen molar-refractivity contribution in [1.82, 2.24) is 14.9 Å². The lowest BCUT2D eigenvalue weighted by atomic mass is 10.1. The van der Waals surface area contributed by atoms with Gasteiger partial charge in [-0.1, -0.05) is 29.3 Å². The van der Waals surface area contributed by atoms with Crippen molar-refractivity contribution in [2.24, 2.45) is 0 Å². The van der Waals surface area contributed by atoms with Crippen LogP contribution in [0.15, 0.2) is 29.3 Å². The molecule has 0 fully saturated rings. The lowest BCUT2D eigenvalue weighted by Gasteiger charge is -2.09. The normalized spacial score (nSPS) is 11.8. The molecule has 0 amide bonds. The van der Waals surface area contributed by atoms with Crippen molar-refractivity contribution in [2.45, 2.75) is 24.7 Å². The third kappa shape index (κ3) is 3.97. The zero-order chi connectivity index (χ0) is 15.5. The lowest BCUT2D eigenvalue weighted by Crippen LogP contribution is -2.25. The quantitative estimate of drug-likeness (QED) is 0.788. The highest BCUT2D eigenvalue weighted by Crippen LogP contribution is 2.28. The van der Waals surface area contributed by atoms with E-state index in [1.54, 1.807) is 18.3 Å². The van der Waals surface area contributed by atoms with Gasteiger partial charge in [0.05, 0.1) is 16.2 Å². The summed E-state index contributed by atoms with van der Waals surface area (Å²) in [5.74, 6) is 0. The van der Waals surface area contributed by atoms with E-state index in [0.717, 1.165) is 17.7 Å². The molecule has 1 aromatic carbocycles. The second kappa shape index (κ2) is 6.79. The molecule has 0 aliphatic rings. The van der Waals surface area contributed by atoms with E-state index in [-0.39, 0.29) is 14.9 Å². The Bertz CT molecular complexity index is 729. The number of hydrogen-bond acceptors (Lipinski definition) is 3. The van der Waals surface area contributed by atoms with Gasteiger partial charge in [-0.25, -0.2) is 13.1 Å². The van der Waals surface area contributed by atoms with Gasteiger partial charge in [-0.2, -0.15) is 5.10 Å². The summed E-state index contributed by atoms with van der Waals surface area (Å²) in [5.41, 5.74) is 2.07. The molecule has 1 aromatic heterocycles. The van der Waals surface area contributed by atoms with Gasteiger partial charge in [0.25, 0.3) is 0 Å². The first kappa shape index (κ1) is 16.3. The van der Waals surface area contributed by atoms with Crippen molar-refractivity contribution in [3.8, 4) is 0 Å².